The van der Waals surface area contributed by atoms with E-state index < -0.39 is 0 Å². The predicted molar refractivity (Wildman–Crippen MR) is 90.8 cm³/mol. The summed E-state index contributed by atoms with van der Waals surface area (Å²) in [4.78, 5) is 12.3. The van der Waals surface area contributed by atoms with Gasteiger partial charge < -0.3 is 9.88 Å². The van der Waals surface area contributed by atoms with Gasteiger partial charge in [0.15, 0.2) is 5.16 Å². The Bertz CT molecular complexity index is 675. The molecule has 5 nitrogen and oxygen atoms in total. The zero-order valence-corrected chi connectivity index (χ0v) is 14.7. The van der Waals surface area contributed by atoms with Crippen molar-refractivity contribution in [1.82, 2.24) is 14.8 Å². The van der Waals surface area contributed by atoms with Gasteiger partial charge in [0.2, 0.25) is 5.91 Å². The van der Waals surface area contributed by atoms with Crippen molar-refractivity contribution < 1.29 is 4.79 Å². The number of anilines is 1. The number of carbonyl (C=O) groups excluding carboxylic acids is 1. The van der Waals surface area contributed by atoms with Crippen molar-refractivity contribution in [2.24, 2.45) is 0 Å². The fourth-order valence-electron chi connectivity index (χ4n) is 1.71. The van der Waals surface area contributed by atoms with Gasteiger partial charge >= 0.3 is 0 Å². The van der Waals surface area contributed by atoms with Gasteiger partial charge in [-0.15, -0.1) is 10.2 Å². The molecule has 8 heteroatoms. The molecule has 1 unspecified atom stereocenters. The van der Waals surface area contributed by atoms with Crippen LogP contribution in [0.1, 0.15) is 26.8 Å². The summed E-state index contributed by atoms with van der Waals surface area (Å²) >= 11 is 13.3. The highest BCUT2D eigenvalue weighted by atomic mass is 35.5. The zero-order chi connectivity index (χ0) is 16.3. The number of hydrogen-bond donors (Lipinski definition) is 1. The molecule has 2 rings (SSSR count). The van der Waals surface area contributed by atoms with Gasteiger partial charge in [-0.2, -0.15) is 0 Å². The summed E-state index contributed by atoms with van der Waals surface area (Å²) in [6.07, 6.45) is 1.66. The number of thioether (sulfide) groups is 1. The topological polar surface area (TPSA) is 59.8 Å². The third-order valence-electron chi connectivity index (χ3n) is 2.93. The predicted octanol–water partition coefficient (Wildman–Crippen LogP) is 4.29. The van der Waals surface area contributed by atoms with Crippen molar-refractivity contribution in [3.05, 3.63) is 34.6 Å². The largest absolute Gasteiger partial charge is 0.324 e. The first-order valence-electron chi connectivity index (χ1n) is 6.70. The number of hydrogen-bond acceptors (Lipinski definition) is 4. The monoisotopic (exact) mass is 358 g/mol. The molecule has 118 valence electrons. The standard InChI is InChI=1S/C14H16Cl2N4OS/c1-8(2)20-7-17-19-14(20)22-9(3)13(21)18-12-6-10(15)4-5-11(12)16/h4-9H,1-3H3,(H,18,21). The van der Waals surface area contributed by atoms with Crippen LogP contribution in [0.5, 0.6) is 0 Å². The fourth-order valence-corrected chi connectivity index (χ4v) is 3.00. The highest BCUT2D eigenvalue weighted by Gasteiger charge is 2.19. The van der Waals surface area contributed by atoms with Crippen LogP contribution >= 0.6 is 35.0 Å². The Balaban J connectivity index is 2.06. The van der Waals surface area contributed by atoms with E-state index in [9.17, 15) is 4.79 Å². The van der Waals surface area contributed by atoms with E-state index in [0.29, 0.717) is 20.9 Å². The van der Waals surface area contributed by atoms with Crippen molar-refractivity contribution in [3.63, 3.8) is 0 Å². The van der Waals surface area contributed by atoms with Crippen LogP contribution in [-0.2, 0) is 4.79 Å². The van der Waals surface area contributed by atoms with E-state index in [0.717, 1.165) is 0 Å². The summed E-state index contributed by atoms with van der Waals surface area (Å²) in [5, 5.41) is 12.0. The van der Waals surface area contributed by atoms with Crippen LogP contribution < -0.4 is 5.32 Å². The van der Waals surface area contributed by atoms with Gasteiger partial charge in [-0.05, 0) is 39.0 Å². The molecule has 0 spiro atoms. The van der Waals surface area contributed by atoms with E-state index in [4.69, 9.17) is 23.2 Å². The summed E-state index contributed by atoms with van der Waals surface area (Å²) in [6.45, 7) is 5.87. The molecule has 0 saturated heterocycles. The Kier molecular flexibility index (Phi) is 5.72. The second-order valence-electron chi connectivity index (χ2n) is 4.99. The van der Waals surface area contributed by atoms with Gasteiger partial charge in [0.25, 0.3) is 0 Å². The molecule has 0 aliphatic rings. The van der Waals surface area contributed by atoms with Gasteiger partial charge in [0, 0.05) is 11.1 Å². The first-order valence-corrected chi connectivity index (χ1v) is 8.34. The number of benzene rings is 1. The molecular formula is C14H16Cl2N4OS. The zero-order valence-electron chi connectivity index (χ0n) is 12.4. The molecule has 1 aromatic heterocycles. The molecule has 1 amide bonds. The molecule has 0 bridgehead atoms. The lowest BCUT2D eigenvalue weighted by Crippen LogP contribution is -2.23. The fraction of sp³-hybridized carbons (Fsp3) is 0.357. The minimum Gasteiger partial charge on any atom is -0.324 e. The summed E-state index contributed by atoms with van der Waals surface area (Å²) in [7, 11) is 0. The first-order chi connectivity index (χ1) is 10.4. The van der Waals surface area contributed by atoms with Crippen LogP contribution in [0.15, 0.2) is 29.7 Å². The Morgan fingerprint density at radius 3 is 2.73 bits per heavy atom. The number of nitrogens with one attached hydrogen (secondary N) is 1. The Labute approximate surface area is 143 Å². The number of carbonyl (C=O) groups is 1. The van der Waals surface area contributed by atoms with E-state index >= 15 is 0 Å². The number of aromatic nitrogens is 3. The van der Waals surface area contributed by atoms with Gasteiger partial charge in [-0.25, -0.2) is 0 Å². The molecule has 1 aromatic carbocycles. The van der Waals surface area contributed by atoms with Crippen molar-refractivity contribution in [3.8, 4) is 0 Å². The molecule has 0 saturated carbocycles. The summed E-state index contributed by atoms with van der Waals surface area (Å²) in [6, 6.07) is 5.17. The lowest BCUT2D eigenvalue weighted by Gasteiger charge is -2.14. The van der Waals surface area contributed by atoms with E-state index in [-0.39, 0.29) is 17.2 Å². The van der Waals surface area contributed by atoms with E-state index in [1.165, 1.54) is 11.8 Å². The molecule has 0 fully saturated rings. The van der Waals surface area contributed by atoms with Gasteiger partial charge in [0.1, 0.15) is 6.33 Å². The van der Waals surface area contributed by atoms with E-state index in [2.05, 4.69) is 15.5 Å². The SMILES string of the molecule is CC(Sc1nncn1C(C)C)C(=O)Nc1cc(Cl)ccc1Cl. The van der Waals surface area contributed by atoms with E-state index in [1.54, 1.807) is 31.5 Å². The highest BCUT2D eigenvalue weighted by Crippen LogP contribution is 2.28. The Hall–Kier alpha value is -1.24. The van der Waals surface area contributed by atoms with Gasteiger partial charge in [-0.1, -0.05) is 35.0 Å². The lowest BCUT2D eigenvalue weighted by molar-refractivity contribution is -0.115. The second-order valence-corrected chi connectivity index (χ2v) is 7.14. The number of amides is 1. The molecule has 1 atom stereocenters. The molecule has 22 heavy (non-hydrogen) atoms. The second kappa shape index (κ2) is 7.35. The minimum absolute atomic E-state index is 0.174. The average Bonchev–Trinajstić information content (AvgIpc) is 2.91. The van der Waals surface area contributed by atoms with Crippen molar-refractivity contribution in [2.75, 3.05) is 5.32 Å². The number of nitrogens with zero attached hydrogens (tertiary/aromatic N) is 3. The average molecular weight is 359 g/mol. The minimum atomic E-state index is -0.350. The lowest BCUT2D eigenvalue weighted by atomic mass is 10.3. The smallest absolute Gasteiger partial charge is 0.237 e. The first kappa shape index (κ1) is 17.1. The molecular weight excluding hydrogens is 343 g/mol. The van der Waals surface area contributed by atoms with Crippen LogP contribution in [0.2, 0.25) is 10.0 Å². The third-order valence-corrected chi connectivity index (χ3v) is 4.57. The van der Waals surface area contributed by atoms with Crippen molar-refractivity contribution >= 4 is 46.6 Å². The molecule has 2 aromatic rings. The maximum atomic E-state index is 12.3. The van der Waals surface area contributed by atoms with Crippen molar-refractivity contribution in [2.45, 2.75) is 37.2 Å². The quantitative estimate of drug-likeness (QED) is 0.810. The molecule has 1 N–H and O–H groups in total. The van der Waals surface area contributed by atoms with Crippen LogP contribution in [0, 0.1) is 0 Å². The Morgan fingerprint density at radius 2 is 2.05 bits per heavy atom. The summed E-state index contributed by atoms with van der Waals surface area (Å²) < 4.78 is 1.92. The molecule has 0 aliphatic heterocycles. The molecule has 0 radical (unpaired) electrons. The molecule has 1 heterocycles. The highest BCUT2D eigenvalue weighted by molar-refractivity contribution is 8.00. The van der Waals surface area contributed by atoms with Gasteiger partial charge in [0.05, 0.1) is 16.0 Å². The maximum absolute atomic E-state index is 12.3. The molecule has 0 aliphatic carbocycles. The number of rotatable bonds is 5. The number of halogens is 2. The normalized spacial score (nSPS) is 12.5. The van der Waals surface area contributed by atoms with Crippen LogP contribution in [0.4, 0.5) is 5.69 Å². The van der Waals surface area contributed by atoms with Gasteiger partial charge in [-0.3, -0.25) is 4.79 Å². The van der Waals surface area contributed by atoms with Crippen molar-refractivity contribution in [1.29, 1.82) is 0 Å². The summed E-state index contributed by atoms with van der Waals surface area (Å²) in [5.41, 5.74) is 0.497. The third kappa shape index (κ3) is 4.15. The Morgan fingerprint density at radius 1 is 1.32 bits per heavy atom. The van der Waals surface area contributed by atoms with Crippen LogP contribution in [0.25, 0.3) is 0 Å². The summed E-state index contributed by atoms with van der Waals surface area (Å²) in [5.74, 6) is -0.174. The van der Waals surface area contributed by atoms with E-state index in [1.807, 2.05) is 18.4 Å². The maximum Gasteiger partial charge on any atom is 0.237 e. The van der Waals surface area contributed by atoms with Crippen LogP contribution in [0.3, 0.4) is 0 Å². The van der Waals surface area contributed by atoms with Crippen LogP contribution in [-0.4, -0.2) is 25.9 Å².